The Labute approximate surface area is 124 Å². The number of ether oxygens (including phenoxy) is 1. The molecule has 21 heavy (non-hydrogen) atoms. The molecule has 0 aromatic heterocycles. The molecule has 1 atom stereocenters. The molecule has 0 aliphatic carbocycles. The van der Waals surface area contributed by atoms with Gasteiger partial charge in [-0.2, -0.15) is 0 Å². The first-order valence-corrected chi connectivity index (χ1v) is 7.42. The number of rotatable bonds is 8. The van der Waals surface area contributed by atoms with Gasteiger partial charge in [0.15, 0.2) is 0 Å². The Bertz CT molecular complexity index is 366. The van der Waals surface area contributed by atoms with Crippen LogP contribution in [0.2, 0.25) is 0 Å². The van der Waals surface area contributed by atoms with E-state index in [2.05, 4.69) is 5.32 Å². The summed E-state index contributed by atoms with van der Waals surface area (Å²) in [6, 6.07) is -0.865. The molecule has 0 spiro atoms. The molecule has 1 aliphatic heterocycles. The van der Waals surface area contributed by atoms with Crippen LogP contribution in [0.3, 0.4) is 0 Å². The maximum Gasteiger partial charge on any atom is 0.326 e. The van der Waals surface area contributed by atoms with Gasteiger partial charge in [-0.05, 0) is 6.42 Å². The summed E-state index contributed by atoms with van der Waals surface area (Å²) in [6.07, 6.45) is 2.14. The zero-order chi connectivity index (χ0) is 15.7. The minimum atomic E-state index is -1.03. The molecule has 120 valence electrons. The monoisotopic (exact) mass is 300 g/mol. The number of nitrogens with one attached hydrogen (secondary N) is 1. The first kappa shape index (κ1) is 17.4. The van der Waals surface area contributed by atoms with Crippen molar-refractivity contribution in [2.24, 2.45) is 0 Å². The molecule has 1 aliphatic rings. The van der Waals surface area contributed by atoms with Crippen molar-refractivity contribution in [3.05, 3.63) is 0 Å². The zero-order valence-corrected chi connectivity index (χ0v) is 12.5. The molecule has 0 aromatic rings. The molecular weight excluding hydrogens is 276 g/mol. The highest BCUT2D eigenvalue weighted by Crippen LogP contribution is 2.04. The Hall–Kier alpha value is -1.63. The minimum Gasteiger partial charge on any atom is -0.480 e. The summed E-state index contributed by atoms with van der Waals surface area (Å²) in [4.78, 5) is 36.3. The van der Waals surface area contributed by atoms with Crippen molar-refractivity contribution in [2.45, 2.75) is 45.1 Å². The molecule has 7 nitrogen and oxygen atoms in total. The molecule has 1 fully saturated rings. The summed E-state index contributed by atoms with van der Waals surface area (Å²) in [6.45, 7) is 4.11. The second-order valence-electron chi connectivity index (χ2n) is 5.09. The Morgan fingerprint density at radius 1 is 1.24 bits per heavy atom. The van der Waals surface area contributed by atoms with Gasteiger partial charge in [-0.25, -0.2) is 4.79 Å². The smallest absolute Gasteiger partial charge is 0.326 e. The third kappa shape index (κ3) is 6.57. The standard InChI is InChI=1S/C14H24N2O5/c1-2-3-4-11(14(19)20)15-12(17)5-6-13(18)16-7-9-21-10-8-16/h11H,2-10H2,1H3,(H,15,17)(H,19,20)/t11-/m0/s1. The van der Waals surface area contributed by atoms with Crippen molar-refractivity contribution >= 4 is 17.8 Å². The number of hydrogen-bond donors (Lipinski definition) is 2. The molecule has 0 radical (unpaired) electrons. The second-order valence-corrected chi connectivity index (χ2v) is 5.09. The first-order valence-electron chi connectivity index (χ1n) is 7.42. The van der Waals surface area contributed by atoms with Crippen LogP contribution in [0.25, 0.3) is 0 Å². The van der Waals surface area contributed by atoms with E-state index in [9.17, 15) is 14.4 Å². The summed E-state index contributed by atoms with van der Waals surface area (Å²) < 4.78 is 5.15. The molecule has 0 unspecified atom stereocenters. The SMILES string of the molecule is CCCC[C@H](NC(=O)CCC(=O)N1CCOCC1)C(=O)O. The van der Waals surface area contributed by atoms with E-state index in [-0.39, 0.29) is 24.7 Å². The quantitative estimate of drug-likeness (QED) is 0.676. The van der Waals surface area contributed by atoms with Crippen LogP contribution in [0.15, 0.2) is 0 Å². The number of carbonyl (C=O) groups excluding carboxylic acids is 2. The van der Waals surface area contributed by atoms with Crippen molar-refractivity contribution in [2.75, 3.05) is 26.3 Å². The molecule has 1 rings (SSSR count). The number of nitrogens with zero attached hydrogens (tertiary/aromatic N) is 1. The largest absolute Gasteiger partial charge is 0.480 e. The van der Waals surface area contributed by atoms with E-state index >= 15 is 0 Å². The van der Waals surface area contributed by atoms with E-state index in [0.29, 0.717) is 32.7 Å². The van der Waals surface area contributed by atoms with Gasteiger partial charge >= 0.3 is 5.97 Å². The number of morpholine rings is 1. The van der Waals surface area contributed by atoms with E-state index in [1.807, 2.05) is 6.92 Å². The Morgan fingerprint density at radius 3 is 2.48 bits per heavy atom. The average molecular weight is 300 g/mol. The van der Waals surface area contributed by atoms with Crippen LogP contribution in [0.4, 0.5) is 0 Å². The van der Waals surface area contributed by atoms with Gasteiger partial charge in [0.25, 0.3) is 0 Å². The van der Waals surface area contributed by atoms with Crippen LogP contribution >= 0.6 is 0 Å². The van der Waals surface area contributed by atoms with Gasteiger partial charge in [0.05, 0.1) is 13.2 Å². The predicted octanol–water partition coefficient (Wildman–Crippen LogP) is 0.385. The number of amides is 2. The number of carboxylic acid groups (broad SMARTS) is 1. The molecule has 2 amide bonds. The van der Waals surface area contributed by atoms with Crippen LogP contribution < -0.4 is 5.32 Å². The fourth-order valence-electron chi connectivity index (χ4n) is 2.12. The predicted molar refractivity (Wildman–Crippen MR) is 75.7 cm³/mol. The lowest BCUT2D eigenvalue weighted by molar-refractivity contribution is -0.142. The third-order valence-corrected chi connectivity index (χ3v) is 3.41. The van der Waals surface area contributed by atoms with Crippen LogP contribution in [0.1, 0.15) is 39.0 Å². The lowest BCUT2D eigenvalue weighted by Crippen LogP contribution is -2.43. The van der Waals surface area contributed by atoms with E-state index in [0.717, 1.165) is 12.8 Å². The maximum absolute atomic E-state index is 11.9. The third-order valence-electron chi connectivity index (χ3n) is 3.41. The van der Waals surface area contributed by atoms with Gasteiger partial charge < -0.3 is 20.1 Å². The van der Waals surface area contributed by atoms with Crippen molar-refractivity contribution in [3.8, 4) is 0 Å². The fourth-order valence-corrected chi connectivity index (χ4v) is 2.12. The number of carboxylic acids is 1. The van der Waals surface area contributed by atoms with Crippen molar-refractivity contribution < 1.29 is 24.2 Å². The second kappa shape index (κ2) is 9.33. The van der Waals surface area contributed by atoms with Crippen LogP contribution in [-0.2, 0) is 19.1 Å². The van der Waals surface area contributed by atoms with Crippen LogP contribution in [0.5, 0.6) is 0 Å². The number of unbranched alkanes of at least 4 members (excludes halogenated alkanes) is 1. The van der Waals surface area contributed by atoms with Crippen molar-refractivity contribution in [3.63, 3.8) is 0 Å². The summed E-state index contributed by atoms with van der Waals surface area (Å²) >= 11 is 0. The van der Waals surface area contributed by atoms with E-state index in [1.54, 1.807) is 4.90 Å². The molecular formula is C14H24N2O5. The highest BCUT2D eigenvalue weighted by molar-refractivity contribution is 5.86. The summed E-state index contributed by atoms with van der Waals surface area (Å²) in [5.74, 6) is -1.51. The molecule has 0 bridgehead atoms. The normalized spacial score (nSPS) is 16.3. The highest BCUT2D eigenvalue weighted by Gasteiger charge is 2.21. The van der Waals surface area contributed by atoms with Gasteiger partial charge in [-0.1, -0.05) is 19.8 Å². The van der Waals surface area contributed by atoms with E-state index in [4.69, 9.17) is 9.84 Å². The average Bonchev–Trinajstić information content (AvgIpc) is 2.49. The summed E-state index contributed by atoms with van der Waals surface area (Å²) in [7, 11) is 0. The first-order chi connectivity index (χ1) is 10.0. The van der Waals surface area contributed by atoms with Gasteiger partial charge in [0.1, 0.15) is 6.04 Å². The summed E-state index contributed by atoms with van der Waals surface area (Å²) in [5.41, 5.74) is 0. The Balaban J connectivity index is 2.31. The van der Waals surface area contributed by atoms with E-state index in [1.165, 1.54) is 0 Å². The van der Waals surface area contributed by atoms with Gasteiger partial charge in [0, 0.05) is 25.9 Å². The Morgan fingerprint density at radius 2 is 1.90 bits per heavy atom. The molecule has 0 saturated carbocycles. The highest BCUT2D eigenvalue weighted by atomic mass is 16.5. The van der Waals surface area contributed by atoms with Gasteiger partial charge in [-0.15, -0.1) is 0 Å². The lowest BCUT2D eigenvalue weighted by atomic mass is 10.1. The maximum atomic E-state index is 11.9. The van der Waals surface area contributed by atoms with E-state index < -0.39 is 12.0 Å². The van der Waals surface area contributed by atoms with Crippen LogP contribution in [0, 0.1) is 0 Å². The minimum absolute atomic E-state index is 0.0199. The molecule has 7 heteroatoms. The zero-order valence-electron chi connectivity index (χ0n) is 12.5. The fraction of sp³-hybridized carbons (Fsp3) is 0.786. The van der Waals surface area contributed by atoms with Crippen molar-refractivity contribution in [1.82, 2.24) is 10.2 Å². The molecule has 1 saturated heterocycles. The molecule has 1 heterocycles. The number of carbonyl (C=O) groups is 3. The van der Waals surface area contributed by atoms with Gasteiger partial charge in [0.2, 0.25) is 11.8 Å². The summed E-state index contributed by atoms with van der Waals surface area (Å²) in [5, 5.41) is 11.5. The van der Waals surface area contributed by atoms with Crippen molar-refractivity contribution in [1.29, 1.82) is 0 Å². The number of hydrogen-bond acceptors (Lipinski definition) is 4. The molecule has 2 N–H and O–H groups in total. The Kier molecular flexibility index (Phi) is 7.74. The number of aliphatic carboxylic acids is 1. The van der Waals surface area contributed by atoms with Gasteiger partial charge in [-0.3, -0.25) is 9.59 Å². The lowest BCUT2D eigenvalue weighted by Gasteiger charge is -2.26. The topological polar surface area (TPSA) is 95.9 Å². The molecule has 0 aromatic carbocycles. The van der Waals surface area contributed by atoms with Crippen LogP contribution in [-0.4, -0.2) is 60.1 Å².